The highest BCUT2D eigenvalue weighted by atomic mass is 16.5. The molecule has 0 aliphatic heterocycles. The van der Waals surface area contributed by atoms with Crippen LogP contribution in [0.25, 0.3) is 0 Å². The minimum atomic E-state index is -0.218. The van der Waals surface area contributed by atoms with E-state index in [1.807, 2.05) is 6.92 Å². The lowest BCUT2D eigenvalue weighted by molar-refractivity contribution is 0.213. The highest BCUT2D eigenvalue weighted by Gasteiger charge is 2.33. The number of hydrogen-bond acceptors (Lipinski definition) is 5. The summed E-state index contributed by atoms with van der Waals surface area (Å²) in [7, 11) is 1.59. The maximum absolute atomic E-state index is 9.56. The number of ether oxygens (including phenoxy) is 1. The van der Waals surface area contributed by atoms with E-state index in [-0.39, 0.29) is 12.1 Å². The van der Waals surface area contributed by atoms with Crippen LogP contribution in [0.4, 0.5) is 5.82 Å². The van der Waals surface area contributed by atoms with E-state index < -0.39 is 0 Å². The number of nitrogens with one attached hydrogen (secondary N) is 1. The average Bonchev–Trinajstić information content (AvgIpc) is 2.81. The molecule has 5 nitrogen and oxygen atoms in total. The van der Waals surface area contributed by atoms with Crippen molar-refractivity contribution in [3.05, 3.63) is 11.9 Å². The van der Waals surface area contributed by atoms with Gasteiger partial charge >= 0.3 is 0 Å². The fourth-order valence-corrected chi connectivity index (χ4v) is 2.39. The molecule has 0 unspecified atom stereocenters. The number of nitrogens with zero attached hydrogens (tertiary/aromatic N) is 2. The van der Waals surface area contributed by atoms with Crippen LogP contribution in [0.1, 0.15) is 31.2 Å². The molecule has 0 amide bonds. The maximum atomic E-state index is 9.56. The fraction of sp³-hybridized carbons (Fsp3) is 0.667. The molecule has 17 heavy (non-hydrogen) atoms. The first kappa shape index (κ1) is 12.1. The zero-order chi connectivity index (χ0) is 12.3. The molecule has 0 saturated heterocycles. The lowest BCUT2D eigenvalue weighted by atomic mass is 9.99. The third kappa shape index (κ3) is 2.34. The Morgan fingerprint density at radius 3 is 2.71 bits per heavy atom. The van der Waals surface area contributed by atoms with E-state index in [0.29, 0.717) is 5.88 Å². The number of aliphatic hydroxyl groups excluding tert-OH is 1. The summed E-state index contributed by atoms with van der Waals surface area (Å²) in [5.74, 6) is 1.33. The second-order valence-corrected chi connectivity index (χ2v) is 4.63. The van der Waals surface area contributed by atoms with Gasteiger partial charge in [-0.3, -0.25) is 0 Å². The number of hydrogen-bond donors (Lipinski definition) is 2. The number of aromatic nitrogens is 2. The van der Waals surface area contributed by atoms with Gasteiger partial charge in [-0.15, -0.1) is 0 Å². The zero-order valence-corrected chi connectivity index (χ0v) is 10.4. The Hall–Kier alpha value is -1.36. The minimum Gasteiger partial charge on any atom is -0.481 e. The molecule has 0 aromatic carbocycles. The van der Waals surface area contributed by atoms with E-state index in [2.05, 4.69) is 15.3 Å². The van der Waals surface area contributed by atoms with Crippen molar-refractivity contribution in [3.8, 4) is 5.88 Å². The van der Waals surface area contributed by atoms with E-state index in [0.717, 1.165) is 37.1 Å². The summed E-state index contributed by atoms with van der Waals surface area (Å²) in [6.07, 6.45) is 5.74. The second kappa shape index (κ2) is 4.87. The van der Waals surface area contributed by atoms with Gasteiger partial charge in [-0.05, 0) is 19.8 Å². The number of rotatable bonds is 4. The van der Waals surface area contributed by atoms with Gasteiger partial charge in [-0.2, -0.15) is 0 Å². The van der Waals surface area contributed by atoms with Crippen LogP contribution in [-0.4, -0.2) is 34.3 Å². The van der Waals surface area contributed by atoms with Crippen LogP contribution in [-0.2, 0) is 0 Å². The number of aliphatic hydroxyl groups is 1. The lowest BCUT2D eigenvalue weighted by Crippen LogP contribution is -2.39. The summed E-state index contributed by atoms with van der Waals surface area (Å²) < 4.78 is 5.16. The molecular weight excluding hydrogens is 218 g/mol. The molecule has 2 N–H and O–H groups in total. The van der Waals surface area contributed by atoms with Crippen molar-refractivity contribution in [1.29, 1.82) is 0 Å². The molecule has 0 bridgehead atoms. The van der Waals surface area contributed by atoms with Gasteiger partial charge < -0.3 is 15.2 Å². The van der Waals surface area contributed by atoms with Crippen molar-refractivity contribution >= 4 is 5.82 Å². The minimum absolute atomic E-state index is 0.138. The van der Waals surface area contributed by atoms with Gasteiger partial charge in [0.05, 0.1) is 24.8 Å². The molecule has 1 heterocycles. The summed E-state index contributed by atoms with van der Waals surface area (Å²) in [5.41, 5.74) is 0.666. The first-order valence-electron chi connectivity index (χ1n) is 5.95. The highest BCUT2D eigenvalue weighted by Crippen LogP contribution is 2.33. The van der Waals surface area contributed by atoms with Crippen LogP contribution in [0.3, 0.4) is 0 Å². The predicted molar refractivity (Wildman–Crippen MR) is 65.2 cm³/mol. The van der Waals surface area contributed by atoms with Crippen LogP contribution >= 0.6 is 0 Å². The smallest absolute Gasteiger partial charge is 0.221 e. The van der Waals surface area contributed by atoms with Crippen molar-refractivity contribution in [1.82, 2.24) is 9.97 Å². The van der Waals surface area contributed by atoms with Crippen molar-refractivity contribution in [2.75, 3.05) is 19.0 Å². The van der Waals surface area contributed by atoms with Crippen molar-refractivity contribution in [2.45, 2.75) is 38.1 Å². The van der Waals surface area contributed by atoms with E-state index in [4.69, 9.17) is 4.74 Å². The number of anilines is 1. The van der Waals surface area contributed by atoms with Gasteiger partial charge in [0.2, 0.25) is 5.88 Å². The molecule has 1 saturated carbocycles. The lowest BCUT2D eigenvalue weighted by Gasteiger charge is -2.29. The molecule has 0 radical (unpaired) electrons. The quantitative estimate of drug-likeness (QED) is 0.831. The van der Waals surface area contributed by atoms with E-state index >= 15 is 0 Å². The normalized spacial score (nSPS) is 18.1. The third-order valence-corrected chi connectivity index (χ3v) is 3.48. The Morgan fingerprint density at radius 2 is 2.12 bits per heavy atom. The molecule has 0 spiro atoms. The Balaban J connectivity index is 2.23. The monoisotopic (exact) mass is 237 g/mol. The van der Waals surface area contributed by atoms with E-state index in [1.54, 1.807) is 7.11 Å². The Morgan fingerprint density at radius 1 is 1.41 bits per heavy atom. The van der Waals surface area contributed by atoms with Crippen LogP contribution < -0.4 is 10.1 Å². The molecule has 94 valence electrons. The van der Waals surface area contributed by atoms with E-state index in [9.17, 15) is 5.11 Å². The molecule has 1 fully saturated rings. The van der Waals surface area contributed by atoms with Gasteiger partial charge in [0.25, 0.3) is 0 Å². The molecule has 1 aliphatic carbocycles. The topological polar surface area (TPSA) is 67.3 Å². The summed E-state index contributed by atoms with van der Waals surface area (Å²) in [4.78, 5) is 8.27. The van der Waals surface area contributed by atoms with Crippen LogP contribution in [0, 0.1) is 6.92 Å². The molecule has 1 aromatic rings. The largest absolute Gasteiger partial charge is 0.481 e. The predicted octanol–water partition coefficient (Wildman–Crippen LogP) is 1.51. The van der Waals surface area contributed by atoms with Gasteiger partial charge in [0.1, 0.15) is 12.1 Å². The van der Waals surface area contributed by atoms with Crippen LogP contribution in [0.5, 0.6) is 5.88 Å². The SMILES string of the molecule is COc1ncnc(NC2(CO)CCCC2)c1C. The van der Waals surface area contributed by atoms with Crippen LogP contribution in [0.2, 0.25) is 0 Å². The maximum Gasteiger partial charge on any atom is 0.221 e. The molecule has 1 aliphatic rings. The summed E-state index contributed by atoms with van der Waals surface area (Å²) in [5, 5.41) is 12.9. The van der Waals surface area contributed by atoms with E-state index in [1.165, 1.54) is 6.33 Å². The van der Waals surface area contributed by atoms with Crippen molar-refractivity contribution in [2.24, 2.45) is 0 Å². The fourth-order valence-electron chi connectivity index (χ4n) is 2.39. The van der Waals surface area contributed by atoms with Gasteiger partial charge in [0, 0.05) is 0 Å². The molecule has 2 rings (SSSR count). The molecule has 1 aromatic heterocycles. The molecular formula is C12H19N3O2. The summed E-state index contributed by atoms with van der Waals surface area (Å²) in [6.45, 7) is 2.06. The molecule has 0 atom stereocenters. The summed E-state index contributed by atoms with van der Waals surface area (Å²) >= 11 is 0. The third-order valence-electron chi connectivity index (χ3n) is 3.48. The molecule has 5 heteroatoms. The van der Waals surface area contributed by atoms with Crippen molar-refractivity contribution < 1.29 is 9.84 Å². The Kier molecular flexibility index (Phi) is 3.47. The first-order chi connectivity index (χ1) is 8.21. The first-order valence-corrected chi connectivity index (χ1v) is 5.95. The summed E-state index contributed by atoms with van der Waals surface area (Å²) in [6, 6.07) is 0. The zero-order valence-electron chi connectivity index (χ0n) is 10.4. The standard InChI is InChI=1S/C12H19N3O2/c1-9-10(13-8-14-11(9)17-2)15-12(7-16)5-3-4-6-12/h8,16H,3-7H2,1-2H3,(H,13,14,15). The van der Waals surface area contributed by atoms with Gasteiger partial charge in [-0.1, -0.05) is 12.8 Å². The average molecular weight is 237 g/mol. The van der Waals surface area contributed by atoms with Gasteiger partial charge in [0.15, 0.2) is 0 Å². The van der Waals surface area contributed by atoms with Crippen molar-refractivity contribution in [3.63, 3.8) is 0 Å². The Bertz CT molecular complexity index is 389. The van der Waals surface area contributed by atoms with Crippen LogP contribution in [0.15, 0.2) is 6.33 Å². The Labute approximate surface area is 101 Å². The second-order valence-electron chi connectivity index (χ2n) is 4.63. The van der Waals surface area contributed by atoms with Gasteiger partial charge in [-0.25, -0.2) is 9.97 Å². The highest BCUT2D eigenvalue weighted by molar-refractivity contribution is 5.49. The number of methoxy groups -OCH3 is 1.